The molecule has 2 saturated heterocycles. The molecule has 1 aromatic rings. The highest BCUT2D eigenvalue weighted by Gasteiger charge is 2.49. The summed E-state index contributed by atoms with van der Waals surface area (Å²) < 4.78 is 6.02. The van der Waals surface area contributed by atoms with Gasteiger partial charge in [-0.05, 0) is 80.9 Å². The molecule has 5 aliphatic rings. The Morgan fingerprint density at radius 1 is 0.974 bits per heavy atom. The third kappa shape index (κ3) is 5.26. The van der Waals surface area contributed by atoms with E-state index in [1.54, 1.807) is 18.0 Å². The predicted molar refractivity (Wildman–Crippen MR) is 150 cm³/mol. The van der Waals surface area contributed by atoms with Crippen molar-refractivity contribution >= 4 is 41.1 Å². The van der Waals surface area contributed by atoms with E-state index in [1.807, 2.05) is 28.9 Å². The Morgan fingerprint density at radius 2 is 1.72 bits per heavy atom. The molecule has 39 heavy (non-hydrogen) atoms. The molecule has 6 rings (SSSR count). The third-order valence-corrected chi connectivity index (χ3v) is 11.1. The van der Waals surface area contributed by atoms with Gasteiger partial charge in [0.15, 0.2) is 0 Å². The first kappa shape index (κ1) is 27.2. The van der Waals surface area contributed by atoms with E-state index in [-0.39, 0.29) is 47.3 Å². The Morgan fingerprint density at radius 3 is 2.33 bits per heavy atom. The Balaban J connectivity index is 1.14. The van der Waals surface area contributed by atoms with E-state index < -0.39 is 0 Å². The highest BCUT2D eigenvalue weighted by atomic mass is 35.5. The van der Waals surface area contributed by atoms with E-state index in [4.69, 9.17) is 27.9 Å². The van der Waals surface area contributed by atoms with Crippen molar-refractivity contribution in [3.63, 3.8) is 0 Å². The van der Waals surface area contributed by atoms with Crippen molar-refractivity contribution in [1.29, 1.82) is 0 Å². The summed E-state index contributed by atoms with van der Waals surface area (Å²) >= 11 is 12.6. The van der Waals surface area contributed by atoms with Crippen molar-refractivity contribution < 1.29 is 19.1 Å². The molecule has 0 spiro atoms. The number of halogens is 2. The largest absolute Gasteiger partial charge is 0.446 e. The summed E-state index contributed by atoms with van der Waals surface area (Å²) in [7, 11) is 1.79. The molecular formula is C30H39Cl2N3O4. The van der Waals surface area contributed by atoms with Crippen molar-refractivity contribution in [1.82, 2.24) is 14.7 Å². The Kier molecular flexibility index (Phi) is 7.28. The number of benzene rings is 1. The number of hydrogen-bond donors (Lipinski definition) is 0. The van der Waals surface area contributed by atoms with Crippen LogP contribution in [0.15, 0.2) is 18.2 Å². The van der Waals surface area contributed by atoms with Crippen LogP contribution in [-0.2, 0) is 14.3 Å². The lowest BCUT2D eigenvalue weighted by atomic mass is 9.93. The summed E-state index contributed by atoms with van der Waals surface area (Å²) in [5.41, 5.74) is 0.783. The number of fused-ring (bicyclic) bond motifs is 2. The van der Waals surface area contributed by atoms with Gasteiger partial charge in [0.2, 0.25) is 11.8 Å². The van der Waals surface area contributed by atoms with Crippen molar-refractivity contribution in [2.24, 2.45) is 23.2 Å². The molecule has 0 aromatic heterocycles. The molecular weight excluding hydrogens is 537 g/mol. The van der Waals surface area contributed by atoms with Gasteiger partial charge in [-0.25, -0.2) is 4.79 Å². The molecule has 2 bridgehead atoms. The van der Waals surface area contributed by atoms with Gasteiger partial charge in [0.25, 0.3) is 0 Å². The van der Waals surface area contributed by atoms with Gasteiger partial charge in [0.1, 0.15) is 6.10 Å². The zero-order chi connectivity index (χ0) is 27.5. The van der Waals surface area contributed by atoms with E-state index in [2.05, 4.69) is 0 Å². The van der Waals surface area contributed by atoms with Crippen molar-refractivity contribution in [2.45, 2.75) is 76.4 Å². The molecule has 212 valence electrons. The average molecular weight is 577 g/mol. The molecule has 2 aliphatic heterocycles. The van der Waals surface area contributed by atoms with Crippen LogP contribution < -0.4 is 0 Å². The number of hydrogen-bond acceptors (Lipinski definition) is 4. The molecule has 1 aromatic carbocycles. The molecule has 0 radical (unpaired) electrons. The van der Waals surface area contributed by atoms with Crippen molar-refractivity contribution in [3.8, 4) is 0 Å². The van der Waals surface area contributed by atoms with Gasteiger partial charge >= 0.3 is 6.09 Å². The van der Waals surface area contributed by atoms with E-state index in [9.17, 15) is 14.4 Å². The van der Waals surface area contributed by atoms with Crippen molar-refractivity contribution in [3.05, 3.63) is 33.8 Å². The summed E-state index contributed by atoms with van der Waals surface area (Å²) in [6, 6.07) is 5.35. The van der Waals surface area contributed by atoms with Crippen LogP contribution in [0.25, 0.3) is 0 Å². The van der Waals surface area contributed by atoms with Gasteiger partial charge in [-0.3, -0.25) is 9.59 Å². The number of likely N-dealkylation sites (N-methyl/N-ethyl adjacent to an activating group) is 1. The molecule has 7 nitrogen and oxygen atoms in total. The molecule has 9 heteroatoms. The number of amides is 3. The van der Waals surface area contributed by atoms with Gasteiger partial charge in [0, 0.05) is 50.5 Å². The van der Waals surface area contributed by atoms with E-state index in [1.165, 1.54) is 12.8 Å². The topological polar surface area (TPSA) is 70.2 Å². The maximum absolute atomic E-state index is 13.7. The number of rotatable bonds is 5. The third-order valence-electron chi connectivity index (χ3n) is 10.3. The summed E-state index contributed by atoms with van der Waals surface area (Å²) in [6.07, 6.45) is 7.53. The fourth-order valence-electron chi connectivity index (χ4n) is 7.48. The fraction of sp³-hybridized carbons (Fsp3) is 0.700. The van der Waals surface area contributed by atoms with Gasteiger partial charge in [-0.1, -0.05) is 36.2 Å². The minimum Gasteiger partial charge on any atom is -0.446 e. The van der Waals surface area contributed by atoms with Gasteiger partial charge in [-0.15, -0.1) is 0 Å². The Labute approximate surface area is 241 Å². The predicted octanol–water partition coefficient (Wildman–Crippen LogP) is 5.58. The first-order chi connectivity index (χ1) is 18.6. The number of carbonyl (C=O) groups is 3. The smallest absolute Gasteiger partial charge is 0.410 e. The molecule has 5 atom stereocenters. The highest BCUT2D eigenvalue weighted by molar-refractivity contribution is 6.42. The maximum atomic E-state index is 13.7. The highest BCUT2D eigenvalue weighted by Crippen LogP contribution is 2.47. The number of carbonyl (C=O) groups excluding carboxylic acids is 3. The minimum atomic E-state index is -0.308. The Hall–Kier alpha value is -1.99. The second-order valence-electron chi connectivity index (χ2n) is 12.9. The molecule has 5 fully saturated rings. The standard InChI is InChI=1S/C30H39Cl2N3O4/c1-30(9-10-30)28(37)34-11-7-19(8-12-34)27(36)35-16-22(20-5-6-23(31)24(32)15-20)25(17-35)33(2)29(38)39-26-14-18-3-4-21(26)13-18/h5-6,15,18-19,21-22,25-26H,3-4,7-14,16-17H2,1-2H3/t18-,21-,22+,25-,26+/m0/s1. The molecule has 0 unspecified atom stereocenters. The van der Waals surface area contributed by atoms with Gasteiger partial charge < -0.3 is 19.4 Å². The summed E-state index contributed by atoms with van der Waals surface area (Å²) in [5.74, 6) is 1.32. The van der Waals surface area contributed by atoms with Crippen LogP contribution in [0.4, 0.5) is 4.79 Å². The maximum Gasteiger partial charge on any atom is 0.410 e. The molecule has 3 saturated carbocycles. The summed E-state index contributed by atoms with van der Waals surface area (Å²) in [5, 5.41) is 0.944. The van der Waals surface area contributed by atoms with Crippen molar-refractivity contribution in [2.75, 3.05) is 33.2 Å². The lowest BCUT2D eigenvalue weighted by Crippen LogP contribution is -2.47. The first-order valence-corrected chi connectivity index (χ1v) is 15.3. The molecule has 3 amide bonds. The zero-order valence-corrected chi connectivity index (χ0v) is 24.4. The minimum absolute atomic E-state index is 0.00653. The monoisotopic (exact) mass is 575 g/mol. The number of piperidine rings is 1. The summed E-state index contributed by atoms with van der Waals surface area (Å²) in [4.78, 5) is 45.4. The average Bonchev–Trinajstić information content (AvgIpc) is 3.29. The van der Waals surface area contributed by atoms with Crippen LogP contribution >= 0.6 is 23.2 Å². The van der Waals surface area contributed by atoms with Crippen LogP contribution in [0.5, 0.6) is 0 Å². The Bertz CT molecular complexity index is 1150. The zero-order valence-electron chi connectivity index (χ0n) is 22.9. The lowest BCUT2D eigenvalue weighted by molar-refractivity contribution is -0.142. The van der Waals surface area contributed by atoms with E-state index >= 15 is 0 Å². The van der Waals surface area contributed by atoms with E-state index in [0.717, 1.165) is 31.2 Å². The normalized spacial score (nSPS) is 31.4. The molecule has 2 heterocycles. The van der Waals surface area contributed by atoms with Crippen LogP contribution in [0.1, 0.15) is 69.8 Å². The van der Waals surface area contributed by atoms with Gasteiger partial charge in [-0.2, -0.15) is 0 Å². The molecule has 3 aliphatic carbocycles. The SMILES string of the molecule is CN(C(=O)O[C@@H]1C[C@H]2CC[C@H]1C2)[C@H]1CN(C(=O)C2CCN(C(=O)C3(C)CC3)CC2)C[C@@H]1c1ccc(Cl)c(Cl)c1. The van der Waals surface area contributed by atoms with Crippen LogP contribution in [0, 0.1) is 23.2 Å². The number of ether oxygens (including phenoxy) is 1. The second kappa shape index (κ2) is 10.4. The second-order valence-corrected chi connectivity index (χ2v) is 13.7. The fourth-order valence-corrected chi connectivity index (χ4v) is 7.79. The lowest BCUT2D eigenvalue weighted by Gasteiger charge is -2.34. The number of likely N-dealkylation sites (tertiary alicyclic amines) is 2. The first-order valence-electron chi connectivity index (χ1n) is 14.6. The molecule has 0 N–H and O–H groups in total. The van der Waals surface area contributed by atoms with Crippen LogP contribution in [-0.4, -0.2) is 78.0 Å². The quantitative estimate of drug-likeness (QED) is 0.459. The van der Waals surface area contributed by atoms with Gasteiger partial charge in [0.05, 0.1) is 16.1 Å². The van der Waals surface area contributed by atoms with Crippen LogP contribution in [0.2, 0.25) is 10.0 Å². The number of nitrogens with zero attached hydrogens (tertiary/aromatic N) is 3. The van der Waals surface area contributed by atoms with Crippen LogP contribution in [0.3, 0.4) is 0 Å². The summed E-state index contributed by atoms with van der Waals surface area (Å²) in [6.45, 7) is 4.26. The van der Waals surface area contributed by atoms with E-state index in [0.29, 0.717) is 60.9 Å².